The van der Waals surface area contributed by atoms with Gasteiger partial charge in [0.15, 0.2) is 16.7 Å². The van der Waals surface area contributed by atoms with Crippen LogP contribution in [-0.4, -0.2) is 40.7 Å². The number of amidine groups is 1. The number of phenolic OH excluding ortho intramolecular Hbond substituents is 1. The van der Waals surface area contributed by atoms with Crippen molar-refractivity contribution in [1.29, 1.82) is 0 Å². The molecular weight excluding hydrogens is 451 g/mol. The Hall–Kier alpha value is -2.75. The molecule has 3 rings (SSSR count). The highest BCUT2D eigenvalue weighted by Crippen LogP contribution is 2.27. The molecule has 0 aromatic heterocycles. The number of halogens is 2. The molecule has 30 heavy (non-hydrogen) atoms. The lowest BCUT2D eigenvalue weighted by atomic mass is 10.2. The molecule has 8 nitrogen and oxygen atoms in total. The van der Waals surface area contributed by atoms with Crippen LogP contribution in [0.25, 0.3) is 0 Å². The van der Waals surface area contributed by atoms with Gasteiger partial charge in [0.2, 0.25) is 11.8 Å². The zero-order chi connectivity index (χ0) is 21.7. The lowest BCUT2D eigenvalue weighted by Gasteiger charge is -2.08. The average molecular weight is 467 g/mol. The SMILES string of the molecule is COc1cc(/C=N\N=C2/NC(=O)[C@H](CC(=O)Nc3ccc(Cl)c(Cl)c3)S2)ccc1O. The van der Waals surface area contributed by atoms with E-state index < -0.39 is 5.25 Å². The number of benzene rings is 2. The van der Waals surface area contributed by atoms with Gasteiger partial charge in [-0.25, -0.2) is 0 Å². The number of amides is 2. The number of aromatic hydroxyl groups is 1. The molecule has 1 aliphatic heterocycles. The third-order valence-electron chi connectivity index (χ3n) is 3.91. The van der Waals surface area contributed by atoms with Crippen LogP contribution in [0.3, 0.4) is 0 Å². The maximum absolute atomic E-state index is 12.2. The number of hydrogen-bond acceptors (Lipinski definition) is 7. The first-order chi connectivity index (χ1) is 14.4. The second kappa shape index (κ2) is 9.84. The number of nitrogens with zero attached hydrogens (tertiary/aromatic N) is 2. The topological polar surface area (TPSA) is 112 Å². The second-order valence-electron chi connectivity index (χ2n) is 6.06. The van der Waals surface area contributed by atoms with Crippen molar-refractivity contribution in [2.24, 2.45) is 10.2 Å². The van der Waals surface area contributed by atoms with E-state index in [1.54, 1.807) is 24.3 Å². The Kier molecular flexibility index (Phi) is 7.20. The third kappa shape index (κ3) is 5.65. The molecule has 1 atom stereocenters. The molecule has 1 fully saturated rings. The van der Waals surface area contributed by atoms with Crippen molar-refractivity contribution < 1.29 is 19.4 Å². The van der Waals surface area contributed by atoms with E-state index in [4.69, 9.17) is 27.9 Å². The summed E-state index contributed by atoms with van der Waals surface area (Å²) in [5.74, 6) is -0.351. The lowest BCUT2D eigenvalue weighted by molar-refractivity contribution is -0.122. The summed E-state index contributed by atoms with van der Waals surface area (Å²) in [6, 6.07) is 9.43. The number of nitrogens with one attached hydrogen (secondary N) is 2. The Morgan fingerprint density at radius 1 is 1.30 bits per heavy atom. The van der Waals surface area contributed by atoms with Gasteiger partial charge in [-0.3, -0.25) is 9.59 Å². The van der Waals surface area contributed by atoms with E-state index in [9.17, 15) is 14.7 Å². The average Bonchev–Trinajstić information content (AvgIpc) is 3.05. The molecule has 3 N–H and O–H groups in total. The number of phenols is 1. The van der Waals surface area contributed by atoms with Crippen LogP contribution in [0.5, 0.6) is 11.5 Å². The molecule has 1 heterocycles. The molecule has 1 saturated heterocycles. The number of ether oxygens (including phenoxy) is 1. The smallest absolute Gasteiger partial charge is 0.240 e. The predicted molar refractivity (Wildman–Crippen MR) is 119 cm³/mol. The number of rotatable bonds is 6. The molecule has 2 aromatic carbocycles. The summed E-state index contributed by atoms with van der Waals surface area (Å²) in [5.41, 5.74) is 1.14. The van der Waals surface area contributed by atoms with Crippen LogP contribution in [-0.2, 0) is 9.59 Å². The van der Waals surface area contributed by atoms with Crippen molar-refractivity contribution in [2.75, 3.05) is 12.4 Å². The fraction of sp³-hybridized carbons (Fsp3) is 0.158. The van der Waals surface area contributed by atoms with E-state index in [0.717, 1.165) is 11.8 Å². The van der Waals surface area contributed by atoms with Gasteiger partial charge in [-0.1, -0.05) is 35.0 Å². The van der Waals surface area contributed by atoms with Crippen LogP contribution in [0.2, 0.25) is 10.0 Å². The second-order valence-corrected chi connectivity index (χ2v) is 8.06. The molecule has 0 spiro atoms. The zero-order valence-electron chi connectivity index (χ0n) is 15.6. The Balaban J connectivity index is 1.57. The van der Waals surface area contributed by atoms with Crippen molar-refractivity contribution in [2.45, 2.75) is 11.7 Å². The largest absolute Gasteiger partial charge is 0.504 e. The number of hydrogen-bond donors (Lipinski definition) is 3. The van der Waals surface area contributed by atoms with Crippen LogP contribution in [0.15, 0.2) is 46.6 Å². The zero-order valence-corrected chi connectivity index (χ0v) is 17.9. The van der Waals surface area contributed by atoms with Gasteiger partial charge in [-0.2, -0.15) is 5.10 Å². The van der Waals surface area contributed by atoms with E-state index in [1.165, 1.54) is 25.5 Å². The number of anilines is 1. The van der Waals surface area contributed by atoms with E-state index in [1.807, 2.05) is 0 Å². The van der Waals surface area contributed by atoms with Crippen LogP contribution >= 0.6 is 35.0 Å². The number of thioether (sulfide) groups is 1. The van der Waals surface area contributed by atoms with Gasteiger partial charge in [0.25, 0.3) is 0 Å². The van der Waals surface area contributed by atoms with E-state index in [-0.39, 0.29) is 29.2 Å². The molecule has 0 aliphatic carbocycles. The highest BCUT2D eigenvalue weighted by Gasteiger charge is 2.32. The molecule has 0 radical (unpaired) electrons. The fourth-order valence-electron chi connectivity index (χ4n) is 2.46. The summed E-state index contributed by atoms with van der Waals surface area (Å²) in [4.78, 5) is 24.3. The van der Waals surface area contributed by atoms with Crippen molar-refractivity contribution in [3.05, 3.63) is 52.0 Å². The monoisotopic (exact) mass is 466 g/mol. The van der Waals surface area contributed by atoms with Gasteiger partial charge < -0.3 is 20.5 Å². The molecule has 0 bridgehead atoms. The minimum Gasteiger partial charge on any atom is -0.504 e. The molecule has 11 heteroatoms. The van der Waals surface area contributed by atoms with Crippen LogP contribution in [0.1, 0.15) is 12.0 Å². The first-order valence-electron chi connectivity index (χ1n) is 8.56. The van der Waals surface area contributed by atoms with Crippen molar-refractivity contribution in [1.82, 2.24) is 5.32 Å². The Labute approximate surface area is 186 Å². The lowest BCUT2D eigenvalue weighted by Crippen LogP contribution is -2.28. The van der Waals surface area contributed by atoms with E-state index >= 15 is 0 Å². The van der Waals surface area contributed by atoms with Gasteiger partial charge in [0, 0.05) is 12.1 Å². The van der Waals surface area contributed by atoms with Gasteiger partial charge in [0.05, 0.1) is 23.4 Å². The number of carbonyl (C=O) groups is 2. The quantitative estimate of drug-likeness (QED) is 0.444. The van der Waals surface area contributed by atoms with Gasteiger partial charge in [0.1, 0.15) is 5.25 Å². The minimum absolute atomic E-state index is 0.0153. The van der Waals surface area contributed by atoms with E-state index in [0.29, 0.717) is 27.0 Å². The highest BCUT2D eigenvalue weighted by molar-refractivity contribution is 8.15. The summed E-state index contributed by atoms with van der Waals surface area (Å²) >= 11 is 12.9. The molecule has 0 saturated carbocycles. The standard InChI is InChI=1S/C19H16Cl2N4O4S/c1-29-15-6-10(2-5-14(15)26)9-22-25-19-24-18(28)16(30-19)8-17(27)23-11-3-4-12(20)13(21)7-11/h2-7,9,16,26H,8H2,1H3,(H,23,27)(H,24,25,28)/b22-9-/t16-/m0/s1. The normalized spacial score (nSPS) is 17.4. The Bertz CT molecular complexity index is 1050. The third-order valence-corrected chi connectivity index (χ3v) is 5.72. The van der Waals surface area contributed by atoms with Crippen molar-refractivity contribution >= 4 is 63.8 Å². The van der Waals surface area contributed by atoms with Crippen molar-refractivity contribution in [3.8, 4) is 11.5 Å². The number of carbonyl (C=O) groups excluding carboxylic acids is 2. The van der Waals surface area contributed by atoms with Gasteiger partial charge in [-0.15, -0.1) is 5.10 Å². The molecule has 2 amide bonds. The number of methoxy groups -OCH3 is 1. The predicted octanol–water partition coefficient (Wildman–Crippen LogP) is 3.66. The van der Waals surface area contributed by atoms with Crippen LogP contribution < -0.4 is 15.4 Å². The van der Waals surface area contributed by atoms with E-state index in [2.05, 4.69) is 20.8 Å². The summed E-state index contributed by atoms with van der Waals surface area (Å²) in [6.45, 7) is 0. The molecule has 2 aromatic rings. The summed E-state index contributed by atoms with van der Waals surface area (Å²) < 4.78 is 5.03. The fourth-order valence-corrected chi connectivity index (χ4v) is 3.69. The Morgan fingerprint density at radius 2 is 2.10 bits per heavy atom. The Morgan fingerprint density at radius 3 is 2.83 bits per heavy atom. The summed E-state index contributed by atoms with van der Waals surface area (Å²) in [6.07, 6.45) is 1.40. The molecular formula is C19H16Cl2N4O4S. The maximum Gasteiger partial charge on any atom is 0.240 e. The molecule has 0 unspecified atom stereocenters. The maximum atomic E-state index is 12.2. The highest BCUT2D eigenvalue weighted by atomic mass is 35.5. The summed E-state index contributed by atoms with van der Waals surface area (Å²) in [7, 11) is 1.44. The first-order valence-corrected chi connectivity index (χ1v) is 10.2. The molecule has 156 valence electrons. The molecule has 1 aliphatic rings. The van der Waals surface area contributed by atoms with Crippen LogP contribution in [0.4, 0.5) is 5.69 Å². The summed E-state index contributed by atoms with van der Waals surface area (Å²) in [5, 5.41) is 23.1. The van der Waals surface area contributed by atoms with Gasteiger partial charge in [-0.05, 0) is 42.0 Å². The minimum atomic E-state index is -0.629. The first kappa shape index (κ1) is 21.9. The van der Waals surface area contributed by atoms with Crippen molar-refractivity contribution in [3.63, 3.8) is 0 Å². The van der Waals surface area contributed by atoms with Crippen LogP contribution in [0, 0.1) is 0 Å². The van der Waals surface area contributed by atoms with Gasteiger partial charge >= 0.3 is 0 Å².